The first kappa shape index (κ1) is 17.8. The number of hydrogen-bond donors (Lipinski definition) is 3. The first-order valence-electron chi connectivity index (χ1n) is 6.13. The minimum absolute atomic E-state index is 0.00282. The summed E-state index contributed by atoms with van der Waals surface area (Å²) in [5.74, 6) is -0.220. The standard InChI is InChI=1S/C12H16ClN3O3S2/c1-2-15-11(17)5-6-16-21(18,19)8-3-4-9(12(14)20)10(13)7-8/h3-4,7,16H,2,5-6H2,1H3,(H2,14,20)(H,15,17). The van der Waals surface area contributed by atoms with Crippen molar-refractivity contribution in [2.24, 2.45) is 5.73 Å². The highest BCUT2D eigenvalue weighted by Crippen LogP contribution is 2.20. The van der Waals surface area contributed by atoms with Gasteiger partial charge in [-0.3, -0.25) is 4.79 Å². The number of benzene rings is 1. The minimum Gasteiger partial charge on any atom is -0.389 e. The molecule has 0 saturated carbocycles. The third kappa shape index (κ3) is 5.24. The summed E-state index contributed by atoms with van der Waals surface area (Å²) in [6.07, 6.45) is 0.0613. The number of hydrogen-bond acceptors (Lipinski definition) is 4. The Labute approximate surface area is 134 Å². The molecule has 0 unspecified atom stereocenters. The van der Waals surface area contributed by atoms with Crippen LogP contribution in [0.15, 0.2) is 23.1 Å². The van der Waals surface area contributed by atoms with E-state index in [0.29, 0.717) is 12.1 Å². The lowest BCUT2D eigenvalue weighted by atomic mass is 10.2. The molecule has 1 rings (SSSR count). The first-order chi connectivity index (χ1) is 9.77. The number of halogens is 1. The van der Waals surface area contributed by atoms with E-state index < -0.39 is 10.0 Å². The number of amides is 1. The van der Waals surface area contributed by atoms with Crippen molar-refractivity contribution in [3.63, 3.8) is 0 Å². The summed E-state index contributed by atoms with van der Waals surface area (Å²) in [7, 11) is -3.73. The number of nitrogens with one attached hydrogen (secondary N) is 2. The summed E-state index contributed by atoms with van der Waals surface area (Å²) >= 11 is 10.7. The van der Waals surface area contributed by atoms with Crippen LogP contribution in [0.4, 0.5) is 0 Å². The molecule has 9 heteroatoms. The number of carbonyl (C=O) groups is 1. The molecule has 0 aliphatic heterocycles. The van der Waals surface area contributed by atoms with Gasteiger partial charge in [-0.1, -0.05) is 23.8 Å². The van der Waals surface area contributed by atoms with E-state index in [4.69, 9.17) is 29.6 Å². The second-order valence-corrected chi connectivity index (χ2v) is 6.72. The van der Waals surface area contributed by atoms with Crippen LogP contribution in [0.2, 0.25) is 5.02 Å². The molecule has 0 aliphatic carbocycles. The van der Waals surface area contributed by atoms with Crippen molar-refractivity contribution in [2.45, 2.75) is 18.2 Å². The van der Waals surface area contributed by atoms with Gasteiger partial charge in [0.2, 0.25) is 15.9 Å². The van der Waals surface area contributed by atoms with Gasteiger partial charge in [0.05, 0.1) is 9.92 Å². The predicted molar refractivity (Wildman–Crippen MR) is 85.8 cm³/mol. The molecule has 6 nitrogen and oxygen atoms in total. The van der Waals surface area contributed by atoms with Crippen LogP contribution in [0.3, 0.4) is 0 Å². The zero-order valence-corrected chi connectivity index (χ0v) is 13.7. The highest BCUT2D eigenvalue weighted by atomic mass is 35.5. The summed E-state index contributed by atoms with van der Waals surface area (Å²) in [5.41, 5.74) is 5.86. The van der Waals surface area contributed by atoms with Crippen LogP contribution >= 0.6 is 23.8 Å². The summed E-state index contributed by atoms with van der Waals surface area (Å²) in [6.45, 7) is 2.29. The molecule has 0 atom stereocenters. The Morgan fingerprint density at radius 1 is 1.43 bits per heavy atom. The SMILES string of the molecule is CCNC(=O)CCNS(=O)(=O)c1ccc(C(N)=S)c(Cl)c1. The van der Waals surface area contributed by atoms with Gasteiger partial charge in [-0.25, -0.2) is 13.1 Å². The van der Waals surface area contributed by atoms with Gasteiger partial charge in [0, 0.05) is 25.1 Å². The lowest BCUT2D eigenvalue weighted by molar-refractivity contribution is -0.120. The van der Waals surface area contributed by atoms with Crippen molar-refractivity contribution in [3.05, 3.63) is 28.8 Å². The third-order valence-corrected chi connectivity index (χ3v) is 4.53. The Morgan fingerprint density at radius 2 is 2.10 bits per heavy atom. The van der Waals surface area contributed by atoms with Gasteiger partial charge in [-0.2, -0.15) is 0 Å². The fraction of sp³-hybridized carbons (Fsp3) is 0.333. The van der Waals surface area contributed by atoms with Crippen LogP contribution in [0.5, 0.6) is 0 Å². The first-order valence-corrected chi connectivity index (χ1v) is 8.40. The Bertz CT molecular complexity index is 647. The lowest BCUT2D eigenvalue weighted by Crippen LogP contribution is -2.30. The van der Waals surface area contributed by atoms with Crippen LogP contribution in [0, 0.1) is 0 Å². The average Bonchev–Trinajstić information content (AvgIpc) is 2.38. The van der Waals surface area contributed by atoms with Crippen LogP contribution < -0.4 is 15.8 Å². The molecular formula is C12H16ClN3O3S2. The fourth-order valence-electron chi connectivity index (χ4n) is 1.53. The van der Waals surface area contributed by atoms with E-state index in [2.05, 4.69) is 10.0 Å². The number of nitrogens with two attached hydrogens (primary N) is 1. The van der Waals surface area contributed by atoms with E-state index in [9.17, 15) is 13.2 Å². The van der Waals surface area contributed by atoms with Gasteiger partial charge < -0.3 is 11.1 Å². The van der Waals surface area contributed by atoms with Crippen molar-refractivity contribution in [1.29, 1.82) is 0 Å². The molecule has 0 fully saturated rings. The van der Waals surface area contributed by atoms with E-state index in [0.717, 1.165) is 0 Å². The molecular weight excluding hydrogens is 334 g/mol. The Kier molecular flexibility index (Phi) is 6.53. The maximum Gasteiger partial charge on any atom is 0.240 e. The van der Waals surface area contributed by atoms with Crippen molar-refractivity contribution in [1.82, 2.24) is 10.0 Å². The zero-order chi connectivity index (χ0) is 16.0. The monoisotopic (exact) mass is 349 g/mol. The minimum atomic E-state index is -3.73. The second kappa shape index (κ2) is 7.69. The lowest BCUT2D eigenvalue weighted by Gasteiger charge is -2.09. The topological polar surface area (TPSA) is 101 Å². The molecule has 1 amide bonds. The van der Waals surface area contributed by atoms with Crippen molar-refractivity contribution in [2.75, 3.05) is 13.1 Å². The van der Waals surface area contributed by atoms with Crippen molar-refractivity contribution < 1.29 is 13.2 Å². The summed E-state index contributed by atoms with van der Waals surface area (Å²) in [6, 6.07) is 4.07. The average molecular weight is 350 g/mol. The summed E-state index contributed by atoms with van der Waals surface area (Å²) in [5, 5.41) is 2.74. The van der Waals surface area contributed by atoms with Gasteiger partial charge in [-0.15, -0.1) is 0 Å². The molecule has 0 heterocycles. The van der Waals surface area contributed by atoms with Gasteiger partial charge in [0.1, 0.15) is 4.99 Å². The van der Waals surface area contributed by atoms with E-state index >= 15 is 0 Å². The van der Waals surface area contributed by atoms with Gasteiger partial charge in [0.15, 0.2) is 0 Å². The molecule has 4 N–H and O–H groups in total. The number of carbonyl (C=O) groups excluding carboxylic acids is 1. The van der Waals surface area contributed by atoms with Crippen LogP contribution in [-0.2, 0) is 14.8 Å². The summed E-state index contributed by atoms with van der Waals surface area (Å²) < 4.78 is 26.4. The molecule has 1 aromatic carbocycles. The predicted octanol–water partition coefficient (Wildman–Crippen LogP) is 0.779. The quantitative estimate of drug-likeness (QED) is 0.631. The second-order valence-electron chi connectivity index (χ2n) is 4.11. The maximum atomic E-state index is 12.0. The zero-order valence-electron chi connectivity index (χ0n) is 11.3. The molecule has 0 bridgehead atoms. The Hall–Kier alpha value is -1.22. The van der Waals surface area contributed by atoms with Gasteiger partial charge in [0.25, 0.3) is 0 Å². The van der Waals surface area contributed by atoms with Crippen molar-refractivity contribution >= 4 is 44.7 Å². The summed E-state index contributed by atoms with van der Waals surface area (Å²) in [4.78, 5) is 11.3. The van der Waals surface area contributed by atoms with E-state index in [1.165, 1.54) is 18.2 Å². The van der Waals surface area contributed by atoms with E-state index in [1.54, 1.807) is 6.92 Å². The Morgan fingerprint density at radius 3 is 2.62 bits per heavy atom. The molecule has 0 aliphatic rings. The normalized spacial score (nSPS) is 11.1. The van der Waals surface area contributed by atoms with Crippen LogP contribution in [0.1, 0.15) is 18.9 Å². The Balaban J connectivity index is 2.77. The van der Waals surface area contributed by atoms with Crippen LogP contribution in [0.25, 0.3) is 0 Å². The number of thiocarbonyl (C=S) groups is 1. The number of rotatable bonds is 7. The molecule has 0 saturated heterocycles. The molecule has 116 valence electrons. The molecule has 0 radical (unpaired) electrons. The molecule has 21 heavy (non-hydrogen) atoms. The fourth-order valence-corrected chi connectivity index (χ4v) is 3.17. The van der Waals surface area contributed by atoms with Gasteiger partial charge >= 0.3 is 0 Å². The molecule has 1 aromatic rings. The smallest absolute Gasteiger partial charge is 0.240 e. The van der Waals surface area contributed by atoms with E-state index in [-0.39, 0.29) is 33.8 Å². The van der Waals surface area contributed by atoms with Crippen molar-refractivity contribution in [3.8, 4) is 0 Å². The highest BCUT2D eigenvalue weighted by molar-refractivity contribution is 7.89. The largest absolute Gasteiger partial charge is 0.389 e. The maximum absolute atomic E-state index is 12.0. The molecule has 0 aromatic heterocycles. The number of sulfonamides is 1. The van der Waals surface area contributed by atoms with Crippen LogP contribution in [-0.4, -0.2) is 32.4 Å². The third-order valence-electron chi connectivity index (χ3n) is 2.53. The van der Waals surface area contributed by atoms with E-state index in [1.807, 2.05) is 0 Å². The molecule has 0 spiro atoms. The highest BCUT2D eigenvalue weighted by Gasteiger charge is 2.16. The van der Waals surface area contributed by atoms with Gasteiger partial charge in [-0.05, 0) is 25.1 Å².